The first kappa shape index (κ1) is 11.6. The van der Waals surface area contributed by atoms with E-state index in [4.69, 9.17) is 0 Å². The van der Waals surface area contributed by atoms with E-state index in [9.17, 15) is 4.39 Å². The third-order valence-electron chi connectivity index (χ3n) is 4.06. The molecule has 0 amide bonds. The van der Waals surface area contributed by atoms with Crippen LogP contribution in [0.3, 0.4) is 0 Å². The van der Waals surface area contributed by atoms with Gasteiger partial charge in [0.05, 0.1) is 0 Å². The van der Waals surface area contributed by atoms with Gasteiger partial charge in [-0.2, -0.15) is 0 Å². The van der Waals surface area contributed by atoms with Gasteiger partial charge in [0.2, 0.25) is 0 Å². The highest BCUT2D eigenvalue weighted by atomic mass is 19.1. The predicted octanol–water partition coefficient (Wildman–Crippen LogP) is 4.76. The van der Waals surface area contributed by atoms with E-state index in [1.807, 2.05) is 12.1 Å². The van der Waals surface area contributed by atoms with Crippen molar-refractivity contribution in [3.8, 4) is 0 Å². The third kappa shape index (κ3) is 2.63. The minimum Gasteiger partial charge on any atom is -0.207 e. The van der Waals surface area contributed by atoms with Gasteiger partial charge in [-0.25, -0.2) is 4.39 Å². The number of rotatable bonds is 2. The topological polar surface area (TPSA) is 0 Å². The Balaban J connectivity index is 1.96. The van der Waals surface area contributed by atoms with Gasteiger partial charge >= 0.3 is 0 Å². The van der Waals surface area contributed by atoms with Crippen LogP contribution in [0.5, 0.6) is 0 Å². The van der Waals surface area contributed by atoms with Crippen LogP contribution < -0.4 is 0 Å². The van der Waals surface area contributed by atoms with Crippen molar-refractivity contribution in [3.63, 3.8) is 0 Å². The van der Waals surface area contributed by atoms with E-state index in [1.54, 1.807) is 12.1 Å². The van der Waals surface area contributed by atoms with Gasteiger partial charge in [0.1, 0.15) is 5.82 Å². The summed E-state index contributed by atoms with van der Waals surface area (Å²) in [4.78, 5) is 0. The third-order valence-corrected chi connectivity index (χ3v) is 4.06. The molecule has 1 aliphatic rings. The fourth-order valence-electron chi connectivity index (χ4n) is 2.85. The van der Waals surface area contributed by atoms with Crippen LogP contribution in [0.15, 0.2) is 24.3 Å². The molecule has 1 aromatic carbocycles. The first-order valence-electron chi connectivity index (χ1n) is 6.42. The van der Waals surface area contributed by atoms with E-state index in [2.05, 4.69) is 13.8 Å². The minimum atomic E-state index is -0.125. The molecule has 1 aliphatic carbocycles. The van der Waals surface area contributed by atoms with Gasteiger partial charge in [-0.1, -0.05) is 26.0 Å². The maximum Gasteiger partial charge on any atom is 0.123 e. The average molecular weight is 220 g/mol. The van der Waals surface area contributed by atoms with Gasteiger partial charge in [-0.15, -0.1) is 0 Å². The zero-order valence-corrected chi connectivity index (χ0v) is 10.2. The second kappa shape index (κ2) is 4.99. The molecule has 0 N–H and O–H groups in total. The predicted molar refractivity (Wildman–Crippen MR) is 65.9 cm³/mol. The molecule has 0 spiro atoms. The van der Waals surface area contributed by atoms with Gasteiger partial charge in [-0.05, 0) is 61.1 Å². The maximum atomic E-state index is 12.8. The smallest absolute Gasteiger partial charge is 0.123 e. The lowest BCUT2D eigenvalue weighted by Crippen LogP contribution is -2.17. The van der Waals surface area contributed by atoms with Crippen molar-refractivity contribution in [3.05, 3.63) is 35.6 Å². The lowest BCUT2D eigenvalue weighted by atomic mass is 9.75. The molecule has 0 saturated heterocycles. The molecule has 16 heavy (non-hydrogen) atoms. The summed E-state index contributed by atoms with van der Waals surface area (Å²) in [5.74, 6) is 2.25. The zero-order valence-electron chi connectivity index (χ0n) is 10.2. The summed E-state index contributed by atoms with van der Waals surface area (Å²) in [6.45, 7) is 4.64. The first-order chi connectivity index (χ1) is 7.66. The highest BCUT2D eigenvalue weighted by Crippen LogP contribution is 2.38. The van der Waals surface area contributed by atoms with E-state index in [0.29, 0.717) is 5.92 Å². The van der Waals surface area contributed by atoms with Crippen LogP contribution in [0.2, 0.25) is 0 Å². The fraction of sp³-hybridized carbons (Fsp3) is 0.600. The van der Waals surface area contributed by atoms with Gasteiger partial charge in [0.15, 0.2) is 0 Å². The van der Waals surface area contributed by atoms with Gasteiger partial charge < -0.3 is 0 Å². The van der Waals surface area contributed by atoms with Crippen LogP contribution >= 0.6 is 0 Å². The van der Waals surface area contributed by atoms with Crippen LogP contribution in [0.1, 0.15) is 51.0 Å². The van der Waals surface area contributed by atoms with E-state index < -0.39 is 0 Å². The normalized spacial score (nSPS) is 26.0. The molecule has 0 heterocycles. The van der Waals surface area contributed by atoms with Crippen molar-refractivity contribution in [2.24, 2.45) is 11.8 Å². The molecule has 1 fully saturated rings. The second-order valence-corrected chi connectivity index (χ2v) is 5.41. The summed E-state index contributed by atoms with van der Waals surface area (Å²) in [5, 5.41) is 0. The van der Waals surface area contributed by atoms with Crippen LogP contribution in [0, 0.1) is 17.7 Å². The van der Waals surface area contributed by atoms with Crippen LogP contribution in [-0.4, -0.2) is 0 Å². The van der Waals surface area contributed by atoms with E-state index >= 15 is 0 Å². The summed E-state index contributed by atoms with van der Waals surface area (Å²) in [7, 11) is 0. The Bertz CT molecular complexity index is 318. The molecule has 1 heteroatoms. The Morgan fingerprint density at radius 1 is 1.00 bits per heavy atom. The molecular formula is C15H21F. The van der Waals surface area contributed by atoms with Crippen molar-refractivity contribution in [2.45, 2.75) is 45.4 Å². The number of halogens is 1. The Hall–Kier alpha value is -0.850. The molecular weight excluding hydrogens is 199 g/mol. The summed E-state index contributed by atoms with van der Waals surface area (Å²) < 4.78 is 12.8. The molecule has 88 valence electrons. The largest absolute Gasteiger partial charge is 0.207 e. The molecule has 0 unspecified atom stereocenters. The molecule has 0 aromatic heterocycles. The number of hydrogen-bond acceptors (Lipinski definition) is 0. The van der Waals surface area contributed by atoms with E-state index in [-0.39, 0.29) is 5.82 Å². The summed E-state index contributed by atoms with van der Waals surface area (Å²) in [5.41, 5.74) is 1.32. The molecule has 1 aromatic rings. The summed E-state index contributed by atoms with van der Waals surface area (Å²) in [6.07, 6.45) is 5.21. The van der Waals surface area contributed by atoms with Crippen molar-refractivity contribution in [1.82, 2.24) is 0 Å². The maximum absolute atomic E-state index is 12.8. The van der Waals surface area contributed by atoms with Crippen molar-refractivity contribution in [2.75, 3.05) is 0 Å². The monoisotopic (exact) mass is 220 g/mol. The van der Waals surface area contributed by atoms with Crippen molar-refractivity contribution < 1.29 is 4.39 Å². The molecule has 0 bridgehead atoms. The van der Waals surface area contributed by atoms with Crippen LogP contribution in [0.4, 0.5) is 4.39 Å². The second-order valence-electron chi connectivity index (χ2n) is 5.41. The molecule has 2 rings (SSSR count). The standard InChI is InChI=1S/C15H21F/c1-11(2)12-3-5-13(6-4-12)14-7-9-15(16)10-8-14/h7-13H,3-6H2,1-2H3. The fourth-order valence-corrected chi connectivity index (χ4v) is 2.85. The molecule has 0 atom stereocenters. The van der Waals surface area contributed by atoms with E-state index in [0.717, 1.165) is 11.8 Å². The average Bonchev–Trinajstić information content (AvgIpc) is 2.30. The molecule has 0 nitrogen and oxygen atoms in total. The van der Waals surface area contributed by atoms with Gasteiger partial charge in [0, 0.05) is 0 Å². The van der Waals surface area contributed by atoms with Crippen molar-refractivity contribution in [1.29, 1.82) is 0 Å². The Morgan fingerprint density at radius 2 is 1.56 bits per heavy atom. The Morgan fingerprint density at radius 3 is 2.06 bits per heavy atom. The minimum absolute atomic E-state index is 0.125. The lowest BCUT2D eigenvalue weighted by molar-refractivity contribution is 0.259. The first-order valence-corrected chi connectivity index (χ1v) is 6.42. The zero-order chi connectivity index (χ0) is 11.5. The SMILES string of the molecule is CC(C)C1CCC(c2ccc(F)cc2)CC1. The van der Waals surface area contributed by atoms with E-state index in [1.165, 1.54) is 31.2 Å². The molecule has 0 radical (unpaired) electrons. The van der Waals surface area contributed by atoms with Gasteiger partial charge in [-0.3, -0.25) is 0 Å². The molecule has 1 saturated carbocycles. The summed E-state index contributed by atoms with van der Waals surface area (Å²) >= 11 is 0. The number of benzene rings is 1. The highest BCUT2D eigenvalue weighted by Gasteiger charge is 2.23. The van der Waals surface area contributed by atoms with Crippen LogP contribution in [-0.2, 0) is 0 Å². The van der Waals surface area contributed by atoms with Crippen LogP contribution in [0.25, 0.3) is 0 Å². The number of hydrogen-bond donors (Lipinski definition) is 0. The molecule has 0 aliphatic heterocycles. The Labute approximate surface area is 97.9 Å². The quantitative estimate of drug-likeness (QED) is 0.674. The highest BCUT2D eigenvalue weighted by molar-refractivity contribution is 5.20. The Kier molecular flexibility index (Phi) is 3.63. The van der Waals surface area contributed by atoms with Crippen molar-refractivity contribution >= 4 is 0 Å². The summed E-state index contributed by atoms with van der Waals surface area (Å²) in [6, 6.07) is 7.08. The lowest BCUT2D eigenvalue weighted by Gasteiger charge is -2.31. The van der Waals surface area contributed by atoms with Gasteiger partial charge in [0.25, 0.3) is 0 Å².